The van der Waals surface area contributed by atoms with Crippen LogP contribution in [0.25, 0.3) is 10.9 Å². The number of hydrogen-bond donors (Lipinski definition) is 1. The van der Waals surface area contributed by atoms with Crippen LogP contribution in [0.3, 0.4) is 0 Å². The first-order valence-corrected chi connectivity index (χ1v) is 9.58. The van der Waals surface area contributed by atoms with E-state index >= 15 is 0 Å². The number of nitrogens with one attached hydrogen (secondary N) is 1. The molecule has 2 aromatic heterocycles. The smallest absolute Gasteiger partial charge is 0.261 e. The molecule has 0 atom stereocenters. The molecule has 0 unspecified atom stereocenters. The van der Waals surface area contributed by atoms with Gasteiger partial charge in [-0.25, -0.2) is 8.78 Å². The second kappa shape index (κ2) is 6.56. The number of fused-ring (bicyclic) bond motifs is 2. The molecule has 2 aromatic carbocycles. The Kier molecular flexibility index (Phi) is 3.99. The van der Waals surface area contributed by atoms with Gasteiger partial charge >= 0.3 is 0 Å². The lowest BCUT2D eigenvalue weighted by Gasteiger charge is -2.10. The molecule has 0 saturated carbocycles. The van der Waals surface area contributed by atoms with Gasteiger partial charge in [0.1, 0.15) is 17.2 Å². The largest absolute Gasteiger partial charge is 0.322 e. The highest BCUT2D eigenvalue weighted by atomic mass is 32.1. The molecule has 1 amide bonds. The number of halogens is 2. The van der Waals surface area contributed by atoms with E-state index in [-0.39, 0.29) is 10.9 Å². The highest BCUT2D eigenvalue weighted by Gasteiger charge is 2.24. The van der Waals surface area contributed by atoms with Crippen LogP contribution in [0, 0.1) is 11.6 Å². The molecular formula is C20H13F2N5OS. The summed E-state index contributed by atoms with van der Waals surface area (Å²) in [5.41, 5.74) is 4.48. The minimum absolute atomic E-state index is 0.0904. The molecule has 0 aliphatic carbocycles. The third kappa shape index (κ3) is 2.82. The Morgan fingerprint density at radius 1 is 1.24 bits per heavy atom. The molecule has 0 fully saturated rings. The number of aryl methyl sites for hydroxylation is 1. The van der Waals surface area contributed by atoms with Crippen LogP contribution in [0.1, 0.15) is 26.4 Å². The monoisotopic (exact) mass is 409 g/mol. The second-order valence-electron chi connectivity index (χ2n) is 6.60. The highest BCUT2D eigenvalue weighted by Crippen LogP contribution is 2.29. The molecule has 29 heavy (non-hydrogen) atoms. The van der Waals surface area contributed by atoms with Crippen LogP contribution >= 0.6 is 11.3 Å². The first-order chi connectivity index (χ1) is 14.0. The van der Waals surface area contributed by atoms with Gasteiger partial charge in [-0.05, 0) is 17.7 Å². The van der Waals surface area contributed by atoms with Crippen LogP contribution in [0.2, 0.25) is 0 Å². The van der Waals surface area contributed by atoms with Gasteiger partial charge in [-0.1, -0.05) is 6.07 Å². The van der Waals surface area contributed by atoms with Gasteiger partial charge in [0.15, 0.2) is 0 Å². The van der Waals surface area contributed by atoms with Crippen molar-refractivity contribution in [2.24, 2.45) is 12.0 Å². The summed E-state index contributed by atoms with van der Waals surface area (Å²) in [4.78, 5) is 22.2. The normalized spacial score (nSPS) is 12.9. The summed E-state index contributed by atoms with van der Waals surface area (Å²) in [6, 6.07) is 6.41. The van der Waals surface area contributed by atoms with E-state index in [1.165, 1.54) is 22.2 Å². The molecule has 1 aliphatic rings. The van der Waals surface area contributed by atoms with Crippen molar-refractivity contribution in [2.45, 2.75) is 6.54 Å². The van der Waals surface area contributed by atoms with Gasteiger partial charge in [0.25, 0.3) is 5.91 Å². The summed E-state index contributed by atoms with van der Waals surface area (Å²) in [7, 11) is 1.58. The number of hydrogen-bond acceptors (Lipinski definition) is 5. The molecule has 0 spiro atoms. The van der Waals surface area contributed by atoms with E-state index in [1.807, 2.05) is 6.07 Å². The van der Waals surface area contributed by atoms with Gasteiger partial charge < -0.3 is 5.32 Å². The van der Waals surface area contributed by atoms with Crippen LogP contribution in [-0.4, -0.2) is 26.4 Å². The van der Waals surface area contributed by atoms with Gasteiger partial charge in [-0.3, -0.25) is 19.5 Å². The summed E-state index contributed by atoms with van der Waals surface area (Å²) in [5, 5.41) is 6.60. The van der Waals surface area contributed by atoms with Crippen LogP contribution in [-0.2, 0) is 13.6 Å². The number of amides is 1. The van der Waals surface area contributed by atoms with Crippen molar-refractivity contribution in [3.8, 4) is 0 Å². The van der Waals surface area contributed by atoms with Gasteiger partial charge in [-0.2, -0.15) is 5.10 Å². The number of rotatable bonds is 3. The number of nitrogens with zero attached hydrogens (tertiary/aromatic N) is 4. The topological polar surface area (TPSA) is 72.2 Å². The van der Waals surface area contributed by atoms with Crippen molar-refractivity contribution in [2.75, 3.05) is 5.32 Å². The lowest BCUT2D eigenvalue weighted by atomic mass is 10.0. The Balaban J connectivity index is 1.49. The minimum atomic E-state index is -0.941. The zero-order valence-electron chi connectivity index (χ0n) is 15.1. The van der Waals surface area contributed by atoms with Crippen molar-refractivity contribution in [3.05, 3.63) is 75.4 Å². The molecule has 1 N–H and O–H groups in total. The van der Waals surface area contributed by atoms with Gasteiger partial charge in [0, 0.05) is 30.6 Å². The summed E-state index contributed by atoms with van der Waals surface area (Å²) in [6.07, 6.45) is 3.01. The van der Waals surface area contributed by atoms with Gasteiger partial charge in [0.05, 0.1) is 39.7 Å². The highest BCUT2D eigenvalue weighted by molar-refractivity contribution is 7.12. The Hall–Kier alpha value is -3.46. The molecule has 0 saturated heterocycles. The lowest BCUT2D eigenvalue weighted by molar-refractivity contribution is 0.101. The van der Waals surface area contributed by atoms with Crippen LogP contribution < -0.4 is 5.32 Å². The number of benzene rings is 2. The zero-order chi connectivity index (χ0) is 20.1. The number of thiazole rings is 1. The van der Waals surface area contributed by atoms with Crippen molar-refractivity contribution in [1.29, 1.82) is 0 Å². The van der Waals surface area contributed by atoms with Crippen molar-refractivity contribution < 1.29 is 13.6 Å². The number of carbonyl (C=O) groups excluding carboxylic acids is 1. The van der Waals surface area contributed by atoms with Crippen LogP contribution in [0.15, 0.2) is 47.2 Å². The van der Waals surface area contributed by atoms with E-state index in [4.69, 9.17) is 0 Å². The van der Waals surface area contributed by atoms with Gasteiger partial charge in [0.2, 0.25) is 0 Å². The standard InChI is InChI=1S/C20H13F2N5OS/c1-27-15-5-14(21)17(18(22)13(15)7-25-27)20(28)26-11-3-2-10-6-24-19(12(10)4-11)16-8-23-9-29-16/h2-5,7-9H,6H2,1H3,(H,26,28). The summed E-state index contributed by atoms with van der Waals surface area (Å²) in [5.74, 6) is -2.73. The third-order valence-electron chi connectivity index (χ3n) is 4.87. The van der Waals surface area contributed by atoms with Gasteiger partial charge in [-0.15, -0.1) is 11.3 Å². The summed E-state index contributed by atoms with van der Waals surface area (Å²) >= 11 is 1.47. The van der Waals surface area contributed by atoms with E-state index in [0.29, 0.717) is 12.2 Å². The lowest BCUT2D eigenvalue weighted by Crippen LogP contribution is -2.16. The zero-order valence-corrected chi connectivity index (χ0v) is 15.9. The van der Waals surface area contributed by atoms with Crippen LogP contribution in [0.4, 0.5) is 14.5 Å². The molecule has 4 aromatic rings. The number of carbonyl (C=O) groups is 1. The maximum Gasteiger partial charge on any atom is 0.261 e. The minimum Gasteiger partial charge on any atom is -0.322 e. The first kappa shape index (κ1) is 17.6. The van der Waals surface area contributed by atoms with E-state index < -0.39 is 23.1 Å². The number of aliphatic imine (C=N–C) groups is 1. The van der Waals surface area contributed by atoms with Crippen LogP contribution in [0.5, 0.6) is 0 Å². The quantitative estimate of drug-likeness (QED) is 0.558. The molecule has 3 heterocycles. The van der Waals surface area contributed by atoms with Crippen molar-refractivity contribution in [3.63, 3.8) is 0 Å². The fourth-order valence-corrected chi connectivity index (χ4v) is 4.07. The Morgan fingerprint density at radius 2 is 2.10 bits per heavy atom. The van der Waals surface area contributed by atoms with Crippen molar-refractivity contribution >= 4 is 39.5 Å². The van der Waals surface area contributed by atoms with Crippen molar-refractivity contribution in [1.82, 2.24) is 14.8 Å². The Bertz CT molecular complexity index is 1310. The molecule has 6 nitrogen and oxygen atoms in total. The van der Waals surface area contributed by atoms with E-state index in [2.05, 4.69) is 20.4 Å². The van der Waals surface area contributed by atoms with E-state index in [0.717, 1.165) is 27.8 Å². The predicted octanol–water partition coefficient (Wildman–Crippen LogP) is 3.91. The molecule has 5 rings (SSSR count). The molecule has 1 aliphatic heterocycles. The third-order valence-corrected chi connectivity index (χ3v) is 5.65. The molecule has 144 valence electrons. The molecule has 9 heteroatoms. The molecule has 0 bridgehead atoms. The summed E-state index contributed by atoms with van der Waals surface area (Å²) < 4.78 is 30.6. The number of aromatic nitrogens is 3. The summed E-state index contributed by atoms with van der Waals surface area (Å²) in [6.45, 7) is 0.539. The first-order valence-electron chi connectivity index (χ1n) is 8.70. The average Bonchev–Trinajstić information content (AvgIpc) is 3.42. The maximum atomic E-state index is 14.8. The SMILES string of the molecule is Cn1ncc2c(F)c(C(=O)Nc3ccc4c(c3)C(c3cncs3)=NC4)c(F)cc21. The average molecular weight is 409 g/mol. The fraction of sp³-hybridized carbons (Fsp3) is 0.100. The maximum absolute atomic E-state index is 14.8. The number of anilines is 1. The predicted molar refractivity (Wildman–Crippen MR) is 106 cm³/mol. The second-order valence-corrected chi connectivity index (χ2v) is 7.49. The van der Waals surface area contributed by atoms with E-state index in [1.54, 1.807) is 30.9 Å². The molecule has 0 radical (unpaired) electrons. The Morgan fingerprint density at radius 3 is 2.90 bits per heavy atom. The Labute approximate surface area is 167 Å². The molecular weight excluding hydrogens is 396 g/mol. The van der Waals surface area contributed by atoms with E-state index in [9.17, 15) is 13.6 Å². The fourth-order valence-electron chi connectivity index (χ4n) is 3.43.